The van der Waals surface area contributed by atoms with E-state index in [4.69, 9.17) is 16.0 Å². The van der Waals surface area contributed by atoms with Gasteiger partial charge in [-0.15, -0.1) is 11.8 Å². The number of fused-ring (bicyclic) bond motifs is 1. The van der Waals surface area contributed by atoms with Gasteiger partial charge < -0.3 is 14.6 Å². The first-order chi connectivity index (χ1) is 13.2. The number of anilines is 1. The van der Waals surface area contributed by atoms with Gasteiger partial charge in [-0.2, -0.15) is 0 Å². The van der Waals surface area contributed by atoms with Gasteiger partial charge in [0.1, 0.15) is 11.1 Å². The summed E-state index contributed by atoms with van der Waals surface area (Å²) in [6, 6.07) is 11.5. The third-order valence-corrected chi connectivity index (χ3v) is 6.05. The lowest BCUT2D eigenvalue weighted by Crippen LogP contribution is -2.29. The van der Waals surface area contributed by atoms with E-state index in [0.717, 1.165) is 48.3 Å². The SMILES string of the molecule is O=C1CSC(c2ccco2)N1CCCCNc1ccnc2cc(Cl)ccc12. The molecule has 1 amide bonds. The average Bonchev–Trinajstić information content (AvgIpc) is 3.31. The summed E-state index contributed by atoms with van der Waals surface area (Å²) in [5, 5.41) is 5.23. The van der Waals surface area contributed by atoms with Crippen molar-refractivity contribution >= 4 is 45.9 Å². The number of nitrogens with zero attached hydrogens (tertiary/aromatic N) is 2. The monoisotopic (exact) mass is 401 g/mol. The molecule has 4 rings (SSSR count). The summed E-state index contributed by atoms with van der Waals surface area (Å²) < 4.78 is 5.49. The van der Waals surface area contributed by atoms with Crippen LogP contribution in [-0.4, -0.2) is 34.6 Å². The fourth-order valence-electron chi connectivity index (χ4n) is 3.27. The largest absolute Gasteiger partial charge is 0.466 e. The topological polar surface area (TPSA) is 58.4 Å². The first kappa shape index (κ1) is 18.2. The maximum Gasteiger partial charge on any atom is 0.233 e. The maximum atomic E-state index is 12.2. The normalized spacial score (nSPS) is 17.0. The Labute approximate surface area is 167 Å². The molecule has 7 heteroatoms. The molecule has 1 N–H and O–H groups in total. The lowest BCUT2D eigenvalue weighted by atomic mass is 10.2. The zero-order chi connectivity index (χ0) is 18.6. The molecule has 0 spiro atoms. The third-order valence-electron chi connectivity index (χ3n) is 4.60. The maximum absolute atomic E-state index is 12.2. The highest BCUT2D eigenvalue weighted by molar-refractivity contribution is 8.00. The van der Waals surface area contributed by atoms with Crippen molar-refractivity contribution in [1.82, 2.24) is 9.88 Å². The second kappa shape index (κ2) is 8.23. The quantitative estimate of drug-likeness (QED) is 0.568. The molecular formula is C20H20ClN3O2S. The van der Waals surface area contributed by atoms with Crippen LogP contribution >= 0.6 is 23.4 Å². The van der Waals surface area contributed by atoms with E-state index in [1.807, 2.05) is 41.3 Å². The molecule has 1 saturated heterocycles. The number of halogens is 1. The van der Waals surface area contributed by atoms with Gasteiger partial charge in [0.05, 0.1) is 17.5 Å². The molecule has 3 heterocycles. The predicted octanol–water partition coefficient (Wildman–Crippen LogP) is 4.95. The molecule has 1 aromatic carbocycles. The number of hydrogen-bond acceptors (Lipinski definition) is 5. The molecule has 0 bridgehead atoms. The van der Waals surface area contributed by atoms with Crippen LogP contribution in [-0.2, 0) is 4.79 Å². The van der Waals surface area contributed by atoms with E-state index in [2.05, 4.69) is 10.3 Å². The number of hydrogen-bond donors (Lipinski definition) is 1. The van der Waals surface area contributed by atoms with Crippen LogP contribution in [0.4, 0.5) is 5.69 Å². The molecule has 5 nitrogen and oxygen atoms in total. The summed E-state index contributed by atoms with van der Waals surface area (Å²) >= 11 is 7.67. The minimum atomic E-state index is 0.00866. The van der Waals surface area contributed by atoms with Crippen molar-refractivity contribution in [3.8, 4) is 0 Å². The van der Waals surface area contributed by atoms with Crippen LogP contribution in [0.25, 0.3) is 10.9 Å². The number of unbranched alkanes of at least 4 members (excludes halogenated alkanes) is 1. The number of carbonyl (C=O) groups is 1. The molecular weight excluding hydrogens is 382 g/mol. The van der Waals surface area contributed by atoms with Crippen LogP contribution in [0.5, 0.6) is 0 Å². The number of aromatic nitrogens is 1. The van der Waals surface area contributed by atoms with E-state index in [0.29, 0.717) is 10.8 Å². The van der Waals surface area contributed by atoms with Gasteiger partial charge in [-0.1, -0.05) is 11.6 Å². The molecule has 1 atom stereocenters. The average molecular weight is 402 g/mol. The van der Waals surface area contributed by atoms with E-state index in [-0.39, 0.29) is 11.3 Å². The van der Waals surface area contributed by atoms with Crippen molar-refractivity contribution in [3.05, 3.63) is 59.6 Å². The Kier molecular flexibility index (Phi) is 5.55. The van der Waals surface area contributed by atoms with Crippen molar-refractivity contribution in [2.75, 3.05) is 24.2 Å². The van der Waals surface area contributed by atoms with Crippen molar-refractivity contribution < 1.29 is 9.21 Å². The lowest BCUT2D eigenvalue weighted by Gasteiger charge is -2.22. The number of benzene rings is 1. The van der Waals surface area contributed by atoms with E-state index in [1.165, 1.54) is 0 Å². The smallest absolute Gasteiger partial charge is 0.233 e. The minimum absolute atomic E-state index is 0.00866. The summed E-state index contributed by atoms with van der Waals surface area (Å²) in [6.07, 6.45) is 5.35. The third kappa shape index (κ3) is 4.06. The molecule has 1 aliphatic heterocycles. The first-order valence-electron chi connectivity index (χ1n) is 8.95. The van der Waals surface area contributed by atoms with Gasteiger partial charge in [0.15, 0.2) is 0 Å². The van der Waals surface area contributed by atoms with Crippen LogP contribution in [0.2, 0.25) is 5.02 Å². The summed E-state index contributed by atoms with van der Waals surface area (Å²) in [7, 11) is 0. The van der Waals surface area contributed by atoms with Crippen LogP contribution in [0, 0.1) is 0 Å². The first-order valence-corrected chi connectivity index (χ1v) is 10.4. The highest BCUT2D eigenvalue weighted by Crippen LogP contribution is 2.38. The van der Waals surface area contributed by atoms with E-state index >= 15 is 0 Å². The molecule has 140 valence electrons. The van der Waals surface area contributed by atoms with Crippen LogP contribution < -0.4 is 5.32 Å². The van der Waals surface area contributed by atoms with Crippen LogP contribution in [0.1, 0.15) is 24.0 Å². The van der Waals surface area contributed by atoms with Crippen LogP contribution in [0.3, 0.4) is 0 Å². The number of carbonyl (C=O) groups excluding carboxylic acids is 1. The number of nitrogens with one attached hydrogen (secondary N) is 1. The fraction of sp³-hybridized carbons (Fsp3) is 0.300. The Balaban J connectivity index is 1.30. The summed E-state index contributed by atoms with van der Waals surface area (Å²) in [4.78, 5) is 18.5. The Hall–Kier alpha value is -2.18. The molecule has 0 radical (unpaired) electrons. The number of amides is 1. The number of rotatable bonds is 7. The molecule has 0 aliphatic carbocycles. The lowest BCUT2D eigenvalue weighted by molar-refractivity contribution is -0.128. The summed E-state index contributed by atoms with van der Waals surface area (Å²) in [5.41, 5.74) is 1.94. The molecule has 1 unspecified atom stereocenters. The van der Waals surface area contributed by atoms with E-state index < -0.39 is 0 Å². The standard InChI is InChI=1S/C20H20ClN3O2S/c21-14-5-6-15-16(7-9-23-17(15)12-14)22-8-1-2-10-24-19(25)13-27-20(24)18-4-3-11-26-18/h3-7,9,11-12,20H,1-2,8,10,13H2,(H,22,23). The molecule has 2 aromatic heterocycles. The van der Waals surface area contributed by atoms with Crippen molar-refractivity contribution in [2.45, 2.75) is 18.2 Å². The van der Waals surface area contributed by atoms with Crippen molar-refractivity contribution in [1.29, 1.82) is 0 Å². The Morgan fingerprint density at radius 2 is 2.22 bits per heavy atom. The predicted molar refractivity (Wildman–Crippen MR) is 110 cm³/mol. The molecule has 0 saturated carbocycles. The zero-order valence-electron chi connectivity index (χ0n) is 14.7. The molecule has 3 aromatic rings. The van der Waals surface area contributed by atoms with Crippen molar-refractivity contribution in [2.24, 2.45) is 0 Å². The van der Waals surface area contributed by atoms with Gasteiger partial charge in [0.25, 0.3) is 0 Å². The van der Waals surface area contributed by atoms with E-state index in [9.17, 15) is 4.79 Å². The zero-order valence-corrected chi connectivity index (χ0v) is 16.3. The molecule has 1 aliphatic rings. The van der Waals surface area contributed by atoms with Gasteiger partial charge in [-0.25, -0.2) is 0 Å². The second-order valence-corrected chi connectivity index (χ2v) is 7.92. The van der Waals surface area contributed by atoms with Gasteiger partial charge in [0.2, 0.25) is 5.91 Å². The van der Waals surface area contributed by atoms with Gasteiger partial charge >= 0.3 is 0 Å². The van der Waals surface area contributed by atoms with Crippen molar-refractivity contribution in [3.63, 3.8) is 0 Å². The Morgan fingerprint density at radius 1 is 1.30 bits per heavy atom. The number of thioether (sulfide) groups is 1. The van der Waals surface area contributed by atoms with Gasteiger partial charge in [0, 0.05) is 35.4 Å². The second-order valence-electron chi connectivity index (χ2n) is 6.42. The summed E-state index contributed by atoms with van der Waals surface area (Å²) in [6.45, 7) is 1.58. The van der Waals surface area contributed by atoms with E-state index in [1.54, 1.807) is 24.2 Å². The Bertz CT molecular complexity index is 932. The highest BCUT2D eigenvalue weighted by atomic mass is 35.5. The number of furan rings is 1. The fourth-order valence-corrected chi connectivity index (χ4v) is 4.60. The minimum Gasteiger partial charge on any atom is -0.466 e. The Morgan fingerprint density at radius 3 is 3.07 bits per heavy atom. The number of pyridine rings is 1. The molecule has 27 heavy (non-hydrogen) atoms. The van der Waals surface area contributed by atoms with Gasteiger partial charge in [-0.05, 0) is 49.2 Å². The van der Waals surface area contributed by atoms with Gasteiger partial charge in [-0.3, -0.25) is 9.78 Å². The summed E-state index contributed by atoms with van der Waals surface area (Å²) in [5.74, 6) is 1.56. The molecule has 1 fully saturated rings. The highest BCUT2D eigenvalue weighted by Gasteiger charge is 2.33. The van der Waals surface area contributed by atoms with Crippen LogP contribution in [0.15, 0.2) is 53.3 Å².